The van der Waals surface area contributed by atoms with Crippen molar-refractivity contribution in [2.45, 2.75) is 19.5 Å². The van der Waals surface area contributed by atoms with E-state index in [4.69, 9.17) is 5.73 Å². The van der Waals surface area contributed by atoms with Crippen LogP contribution in [0.2, 0.25) is 0 Å². The summed E-state index contributed by atoms with van der Waals surface area (Å²) in [5, 5.41) is 0. The number of hydrogen-bond donors (Lipinski definition) is 1. The van der Waals surface area contributed by atoms with Gasteiger partial charge in [0.1, 0.15) is 0 Å². The number of hydrogen-bond acceptors (Lipinski definition) is 3. The fourth-order valence-corrected chi connectivity index (χ4v) is 2.75. The first-order valence-corrected chi connectivity index (χ1v) is 6.96. The monoisotopic (exact) mass is 315 g/mol. The van der Waals surface area contributed by atoms with Gasteiger partial charge in [0, 0.05) is 32.2 Å². The zero-order valence-electron chi connectivity index (χ0n) is 10.8. The van der Waals surface area contributed by atoms with Crippen molar-refractivity contribution >= 4 is 21.6 Å². The van der Waals surface area contributed by atoms with Crippen LogP contribution in [0, 0.1) is 5.82 Å². The Labute approximate surface area is 116 Å². The Morgan fingerprint density at radius 1 is 1.44 bits per heavy atom. The molecule has 0 spiro atoms. The van der Waals surface area contributed by atoms with Crippen molar-refractivity contribution in [3.05, 3.63) is 28.0 Å². The number of benzene rings is 1. The summed E-state index contributed by atoms with van der Waals surface area (Å²) in [5.41, 5.74) is 7.04. The average Bonchev–Trinajstić information content (AvgIpc) is 2.36. The first-order chi connectivity index (χ1) is 8.54. The van der Waals surface area contributed by atoms with E-state index in [0.29, 0.717) is 22.7 Å². The van der Waals surface area contributed by atoms with Gasteiger partial charge in [-0.25, -0.2) is 4.39 Å². The largest absolute Gasteiger partial charge is 0.366 e. The molecule has 2 rings (SSSR count). The molecule has 18 heavy (non-hydrogen) atoms. The fraction of sp³-hybridized carbons (Fsp3) is 0.538. The molecule has 0 saturated carbocycles. The molecule has 5 heteroatoms. The van der Waals surface area contributed by atoms with Gasteiger partial charge in [0.05, 0.1) is 10.2 Å². The molecule has 3 nitrogen and oxygen atoms in total. The number of halogens is 2. The molecule has 2 N–H and O–H groups in total. The molecule has 1 aliphatic rings. The topological polar surface area (TPSA) is 32.5 Å². The SMILES string of the molecule is CC1CN(c2ccc(CN)c(Br)c2F)CCN1C. The fourth-order valence-electron chi connectivity index (χ4n) is 2.25. The molecule has 100 valence electrons. The van der Waals surface area contributed by atoms with Gasteiger partial charge in [0.15, 0.2) is 5.82 Å². The molecule has 0 bridgehead atoms. The van der Waals surface area contributed by atoms with Crippen LogP contribution < -0.4 is 10.6 Å². The maximum atomic E-state index is 14.3. The van der Waals surface area contributed by atoms with Gasteiger partial charge in [-0.15, -0.1) is 0 Å². The lowest BCUT2D eigenvalue weighted by atomic mass is 10.1. The number of anilines is 1. The highest BCUT2D eigenvalue weighted by Crippen LogP contribution is 2.30. The van der Waals surface area contributed by atoms with E-state index in [9.17, 15) is 4.39 Å². The second-order valence-electron chi connectivity index (χ2n) is 4.85. The molecule has 1 unspecified atom stereocenters. The number of rotatable bonds is 2. The third-order valence-electron chi connectivity index (χ3n) is 3.66. The highest BCUT2D eigenvalue weighted by atomic mass is 79.9. The minimum absolute atomic E-state index is 0.199. The van der Waals surface area contributed by atoms with E-state index in [1.54, 1.807) is 0 Å². The number of nitrogens with zero attached hydrogens (tertiary/aromatic N) is 2. The summed E-state index contributed by atoms with van der Waals surface area (Å²) in [5.74, 6) is -0.199. The number of likely N-dealkylation sites (N-methyl/N-ethyl adjacent to an activating group) is 1. The maximum Gasteiger partial charge on any atom is 0.160 e. The van der Waals surface area contributed by atoms with E-state index in [-0.39, 0.29) is 5.82 Å². The molecule has 0 aliphatic carbocycles. The predicted molar refractivity (Wildman–Crippen MR) is 76.3 cm³/mol. The molecule has 1 atom stereocenters. The van der Waals surface area contributed by atoms with Gasteiger partial charge in [-0.3, -0.25) is 0 Å². The third-order valence-corrected chi connectivity index (χ3v) is 4.52. The van der Waals surface area contributed by atoms with Crippen LogP contribution in [-0.4, -0.2) is 37.6 Å². The zero-order valence-corrected chi connectivity index (χ0v) is 12.4. The first kappa shape index (κ1) is 13.8. The maximum absolute atomic E-state index is 14.3. The molecule has 1 aliphatic heterocycles. The van der Waals surface area contributed by atoms with Gasteiger partial charge in [0.25, 0.3) is 0 Å². The Hall–Kier alpha value is -0.650. The van der Waals surface area contributed by atoms with E-state index in [2.05, 4.69) is 39.7 Å². The second kappa shape index (κ2) is 5.55. The summed E-state index contributed by atoms with van der Waals surface area (Å²) in [6, 6.07) is 4.16. The van der Waals surface area contributed by atoms with Crippen molar-refractivity contribution in [2.24, 2.45) is 5.73 Å². The molecule has 0 amide bonds. The van der Waals surface area contributed by atoms with Crippen LogP contribution in [0.25, 0.3) is 0 Å². The molecule has 1 heterocycles. The minimum Gasteiger partial charge on any atom is -0.366 e. The van der Waals surface area contributed by atoms with E-state index >= 15 is 0 Å². The summed E-state index contributed by atoms with van der Waals surface area (Å²) < 4.78 is 14.8. The predicted octanol–water partition coefficient (Wildman–Crippen LogP) is 2.19. The molecule has 1 saturated heterocycles. The van der Waals surface area contributed by atoms with E-state index < -0.39 is 0 Å². The normalized spacial score (nSPS) is 21.4. The lowest BCUT2D eigenvalue weighted by Crippen LogP contribution is -2.50. The number of nitrogens with two attached hydrogens (primary N) is 1. The lowest BCUT2D eigenvalue weighted by molar-refractivity contribution is 0.233. The van der Waals surface area contributed by atoms with Crippen LogP contribution in [0.5, 0.6) is 0 Å². The Kier molecular flexibility index (Phi) is 4.25. The third kappa shape index (κ3) is 2.53. The Bertz CT molecular complexity index is 438. The molecule has 0 radical (unpaired) electrons. The van der Waals surface area contributed by atoms with E-state index in [1.807, 2.05) is 12.1 Å². The lowest BCUT2D eigenvalue weighted by Gasteiger charge is -2.39. The summed E-state index contributed by atoms with van der Waals surface area (Å²) in [4.78, 5) is 4.39. The van der Waals surface area contributed by atoms with Gasteiger partial charge >= 0.3 is 0 Å². The van der Waals surface area contributed by atoms with E-state index in [1.165, 1.54) is 0 Å². The van der Waals surface area contributed by atoms with Gasteiger partial charge in [0.2, 0.25) is 0 Å². The summed E-state index contributed by atoms with van der Waals surface area (Å²) in [6.07, 6.45) is 0. The Morgan fingerprint density at radius 3 is 2.78 bits per heavy atom. The van der Waals surface area contributed by atoms with Crippen molar-refractivity contribution in [3.8, 4) is 0 Å². The summed E-state index contributed by atoms with van der Waals surface area (Å²) in [7, 11) is 2.10. The summed E-state index contributed by atoms with van der Waals surface area (Å²) >= 11 is 3.29. The standard InChI is InChI=1S/C13H19BrFN3/c1-9-8-18(6-5-17(9)2)11-4-3-10(7-16)12(14)13(11)15/h3-4,9H,5-8,16H2,1-2H3. The van der Waals surface area contributed by atoms with Crippen molar-refractivity contribution in [2.75, 3.05) is 31.6 Å². The zero-order chi connectivity index (χ0) is 13.3. The molecular formula is C13H19BrFN3. The quantitative estimate of drug-likeness (QED) is 0.908. The van der Waals surface area contributed by atoms with Crippen LogP contribution >= 0.6 is 15.9 Å². The highest BCUT2D eigenvalue weighted by molar-refractivity contribution is 9.10. The smallest absolute Gasteiger partial charge is 0.160 e. The van der Waals surface area contributed by atoms with Gasteiger partial charge < -0.3 is 15.5 Å². The van der Waals surface area contributed by atoms with Crippen molar-refractivity contribution in [3.63, 3.8) is 0 Å². The molecule has 1 aromatic rings. The minimum atomic E-state index is -0.199. The molecular weight excluding hydrogens is 297 g/mol. The van der Waals surface area contributed by atoms with Gasteiger partial charge in [-0.2, -0.15) is 0 Å². The second-order valence-corrected chi connectivity index (χ2v) is 5.64. The average molecular weight is 316 g/mol. The van der Waals surface area contributed by atoms with Crippen LogP contribution in [-0.2, 0) is 6.54 Å². The van der Waals surface area contributed by atoms with Crippen LogP contribution in [0.15, 0.2) is 16.6 Å². The molecule has 1 fully saturated rings. The highest BCUT2D eigenvalue weighted by Gasteiger charge is 2.23. The summed E-state index contributed by atoms with van der Waals surface area (Å²) in [6.45, 7) is 5.16. The Morgan fingerprint density at radius 2 is 2.17 bits per heavy atom. The van der Waals surface area contributed by atoms with Crippen LogP contribution in [0.3, 0.4) is 0 Å². The van der Waals surface area contributed by atoms with Gasteiger partial charge in [-0.1, -0.05) is 6.07 Å². The van der Waals surface area contributed by atoms with Crippen molar-refractivity contribution < 1.29 is 4.39 Å². The Balaban J connectivity index is 2.26. The molecule has 0 aromatic heterocycles. The number of piperazine rings is 1. The van der Waals surface area contributed by atoms with Gasteiger partial charge in [-0.05, 0) is 41.5 Å². The van der Waals surface area contributed by atoms with Crippen LogP contribution in [0.1, 0.15) is 12.5 Å². The van der Waals surface area contributed by atoms with E-state index in [0.717, 1.165) is 25.2 Å². The van der Waals surface area contributed by atoms with Crippen molar-refractivity contribution in [1.29, 1.82) is 0 Å². The molecule has 1 aromatic carbocycles. The first-order valence-electron chi connectivity index (χ1n) is 6.16. The van der Waals surface area contributed by atoms with Crippen molar-refractivity contribution in [1.82, 2.24) is 4.90 Å². The van der Waals surface area contributed by atoms with Crippen LogP contribution in [0.4, 0.5) is 10.1 Å².